The van der Waals surface area contributed by atoms with Crippen LogP contribution in [0.1, 0.15) is 12.8 Å². The quantitative estimate of drug-likeness (QED) is 0.772. The number of hydrogen-bond donors (Lipinski definition) is 1. The Morgan fingerprint density at radius 1 is 1.12 bits per heavy atom. The van der Waals surface area contributed by atoms with E-state index in [9.17, 15) is 8.42 Å². The monoisotopic (exact) mass is 374 g/mol. The maximum Gasteiger partial charge on any atom is 0.241 e. The van der Waals surface area contributed by atoms with E-state index in [0.717, 1.165) is 37.1 Å². The van der Waals surface area contributed by atoms with Gasteiger partial charge in [0, 0.05) is 31.8 Å². The van der Waals surface area contributed by atoms with Crippen LogP contribution >= 0.6 is 0 Å². The van der Waals surface area contributed by atoms with Crippen LogP contribution in [0.3, 0.4) is 0 Å². The van der Waals surface area contributed by atoms with Crippen molar-refractivity contribution in [2.75, 3.05) is 33.4 Å². The van der Waals surface area contributed by atoms with E-state index in [1.54, 1.807) is 19.2 Å². The molecule has 0 amide bonds. The highest BCUT2D eigenvalue weighted by Crippen LogP contribution is 2.27. The van der Waals surface area contributed by atoms with Gasteiger partial charge in [-0.15, -0.1) is 0 Å². The first-order valence-corrected chi connectivity index (χ1v) is 10.5. The summed E-state index contributed by atoms with van der Waals surface area (Å²) in [4.78, 5) is 2.63. The van der Waals surface area contributed by atoms with Crippen LogP contribution in [0.15, 0.2) is 59.5 Å². The maximum atomic E-state index is 12.9. The molecule has 0 saturated carbocycles. The number of sulfonamides is 1. The number of benzene rings is 2. The topological polar surface area (TPSA) is 58.6 Å². The molecular weight excluding hydrogens is 348 g/mol. The van der Waals surface area contributed by atoms with Crippen molar-refractivity contribution in [2.45, 2.75) is 23.8 Å². The van der Waals surface area contributed by atoms with Crippen molar-refractivity contribution < 1.29 is 13.2 Å². The van der Waals surface area contributed by atoms with Gasteiger partial charge in [0.25, 0.3) is 0 Å². The second kappa shape index (κ2) is 8.77. The SMILES string of the molecule is COCCN1CCCC1CNS(=O)(=O)c1ccccc1-c1ccccc1. The third-order valence-corrected chi connectivity index (χ3v) is 6.33. The Labute approximate surface area is 156 Å². The van der Waals surface area contributed by atoms with Crippen molar-refractivity contribution in [2.24, 2.45) is 0 Å². The Morgan fingerprint density at radius 3 is 2.62 bits per heavy atom. The van der Waals surface area contributed by atoms with Crippen LogP contribution in [0, 0.1) is 0 Å². The van der Waals surface area contributed by atoms with Gasteiger partial charge in [-0.1, -0.05) is 48.5 Å². The Bertz CT molecular complexity index is 809. The van der Waals surface area contributed by atoms with Gasteiger partial charge < -0.3 is 4.74 Å². The van der Waals surface area contributed by atoms with Gasteiger partial charge in [0.1, 0.15) is 0 Å². The molecule has 0 radical (unpaired) electrons. The van der Waals surface area contributed by atoms with Gasteiger partial charge in [-0.25, -0.2) is 13.1 Å². The lowest BCUT2D eigenvalue weighted by atomic mass is 10.1. The van der Waals surface area contributed by atoms with Gasteiger partial charge in [-0.05, 0) is 31.0 Å². The maximum absolute atomic E-state index is 12.9. The number of nitrogens with one attached hydrogen (secondary N) is 1. The van der Waals surface area contributed by atoms with Crippen LogP contribution in [-0.4, -0.2) is 52.7 Å². The van der Waals surface area contributed by atoms with Crippen LogP contribution in [0.2, 0.25) is 0 Å². The Morgan fingerprint density at radius 2 is 1.85 bits per heavy atom. The Balaban J connectivity index is 1.75. The van der Waals surface area contributed by atoms with E-state index in [-0.39, 0.29) is 6.04 Å². The van der Waals surface area contributed by atoms with E-state index in [1.807, 2.05) is 42.5 Å². The average Bonchev–Trinajstić information content (AvgIpc) is 3.13. The fraction of sp³-hybridized carbons (Fsp3) is 0.400. The minimum atomic E-state index is -3.58. The number of ether oxygens (including phenoxy) is 1. The summed E-state index contributed by atoms with van der Waals surface area (Å²) >= 11 is 0. The summed E-state index contributed by atoms with van der Waals surface area (Å²) in [7, 11) is -1.89. The predicted molar refractivity (Wildman–Crippen MR) is 104 cm³/mol. The third kappa shape index (κ3) is 4.51. The highest BCUT2D eigenvalue weighted by atomic mass is 32.2. The fourth-order valence-electron chi connectivity index (χ4n) is 3.47. The molecular formula is C20H26N2O3S. The van der Waals surface area contributed by atoms with Crippen LogP contribution < -0.4 is 4.72 Å². The molecule has 1 atom stereocenters. The number of nitrogens with zero attached hydrogens (tertiary/aromatic N) is 1. The highest BCUT2D eigenvalue weighted by Gasteiger charge is 2.26. The molecule has 3 rings (SSSR count). The second-order valence-electron chi connectivity index (χ2n) is 6.54. The normalized spacial score (nSPS) is 18.3. The molecule has 0 spiro atoms. The molecule has 140 valence electrons. The summed E-state index contributed by atoms with van der Waals surface area (Å²) in [5, 5.41) is 0. The summed E-state index contributed by atoms with van der Waals surface area (Å²) in [6, 6.07) is 17.0. The van der Waals surface area contributed by atoms with Crippen molar-refractivity contribution in [3.8, 4) is 11.1 Å². The molecule has 0 aliphatic carbocycles. The van der Waals surface area contributed by atoms with Gasteiger partial charge in [-0.2, -0.15) is 0 Å². The molecule has 0 bridgehead atoms. The van der Waals surface area contributed by atoms with E-state index in [0.29, 0.717) is 18.0 Å². The Hall–Kier alpha value is -1.73. The molecule has 1 aliphatic heterocycles. The molecule has 1 N–H and O–H groups in total. The number of likely N-dealkylation sites (tertiary alicyclic amines) is 1. The summed E-state index contributed by atoms with van der Waals surface area (Å²) in [6.45, 7) is 2.93. The van der Waals surface area contributed by atoms with Crippen molar-refractivity contribution in [1.29, 1.82) is 0 Å². The largest absolute Gasteiger partial charge is 0.383 e. The van der Waals surface area contributed by atoms with Crippen LogP contribution in [0.5, 0.6) is 0 Å². The molecule has 1 aliphatic rings. The Kier molecular flexibility index (Phi) is 6.43. The zero-order chi connectivity index (χ0) is 18.4. The first kappa shape index (κ1) is 19.0. The fourth-order valence-corrected chi connectivity index (χ4v) is 4.77. The van der Waals surface area contributed by atoms with Gasteiger partial charge in [-0.3, -0.25) is 4.90 Å². The summed E-state index contributed by atoms with van der Waals surface area (Å²) in [5.74, 6) is 0. The standard InChI is InChI=1S/C20H26N2O3S/c1-25-15-14-22-13-7-10-18(22)16-21-26(23,24)20-12-6-5-11-19(20)17-8-3-2-4-9-17/h2-6,8-9,11-12,18,21H,7,10,13-16H2,1H3. The van der Waals surface area contributed by atoms with Crippen molar-refractivity contribution in [3.63, 3.8) is 0 Å². The smallest absolute Gasteiger partial charge is 0.241 e. The van der Waals surface area contributed by atoms with E-state index in [1.165, 1.54) is 0 Å². The molecule has 0 aromatic heterocycles. The molecule has 26 heavy (non-hydrogen) atoms. The van der Waals surface area contributed by atoms with E-state index in [4.69, 9.17) is 4.74 Å². The lowest BCUT2D eigenvalue weighted by Gasteiger charge is -2.24. The minimum Gasteiger partial charge on any atom is -0.383 e. The predicted octanol–water partition coefficient (Wildman–Crippen LogP) is 2.74. The molecule has 2 aromatic rings. The van der Waals surface area contributed by atoms with Gasteiger partial charge in [0.2, 0.25) is 10.0 Å². The van der Waals surface area contributed by atoms with E-state index < -0.39 is 10.0 Å². The summed E-state index contributed by atoms with van der Waals surface area (Å²) in [5.41, 5.74) is 1.62. The van der Waals surface area contributed by atoms with Gasteiger partial charge in [0.15, 0.2) is 0 Å². The number of hydrogen-bond acceptors (Lipinski definition) is 4. The molecule has 1 saturated heterocycles. The van der Waals surface area contributed by atoms with E-state index >= 15 is 0 Å². The first-order chi connectivity index (χ1) is 12.6. The van der Waals surface area contributed by atoms with Crippen LogP contribution in [-0.2, 0) is 14.8 Å². The zero-order valence-electron chi connectivity index (χ0n) is 15.1. The third-order valence-electron chi connectivity index (χ3n) is 4.85. The zero-order valence-corrected chi connectivity index (χ0v) is 15.9. The number of rotatable bonds is 8. The minimum absolute atomic E-state index is 0.226. The number of methoxy groups -OCH3 is 1. The molecule has 5 nitrogen and oxygen atoms in total. The van der Waals surface area contributed by atoms with Crippen molar-refractivity contribution >= 4 is 10.0 Å². The molecule has 1 heterocycles. The molecule has 1 unspecified atom stereocenters. The highest BCUT2D eigenvalue weighted by molar-refractivity contribution is 7.89. The van der Waals surface area contributed by atoms with Crippen LogP contribution in [0.4, 0.5) is 0 Å². The lowest BCUT2D eigenvalue weighted by molar-refractivity contribution is 0.141. The first-order valence-electron chi connectivity index (χ1n) is 8.99. The van der Waals surface area contributed by atoms with Crippen LogP contribution in [0.25, 0.3) is 11.1 Å². The van der Waals surface area contributed by atoms with E-state index in [2.05, 4.69) is 9.62 Å². The average molecular weight is 375 g/mol. The lowest BCUT2D eigenvalue weighted by Crippen LogP contribution is -2.41. The molecule has 2 aromatic carbocycles. The summed E-state index contributed by atoms with van der Waals surface area (Å²) < 4.78 is 33.9. The van der Waals surface area contributed by atoms with Crippen molar-refractivity contribution in [3.05, 3.63) is 54.6 Å². The van der Waals surface area contributed by atoms with Crippen molar-refractivity contribution in [1.82, 2.24) is 9.62 Å². The molecule has 1 fully saturated rings. The molecule has 6 heteroatoms. The van der Waals surface area contributed by atoms with Gasteiger partial charge in [0.05, 0.1) is 11.5 Å². The second-order valence-corrected chi connectivity index (χ2v) is 8.27. The van der Waals surface area contributed by atoms with Gasteiger partial charge >= 0.3 is 0 Å². The summed E-state index contributed by atoms with van der Waals surface area (Å²) in [6.07, 6.45) is 2.10.